The molecule has 110 valence electrons. The van der Waals surface area contributed by atoms with E-state index in [1.54, 1.807) is 17.4 Å². The van der Waals surface area contributed by atoms with Crippen LogP contribution >= 0.6 is 23.7 Å². The SMILES string of the molecule is CCN(CC)CC(=O)Nc1cc(-c2cccs2)no1.Cl. The van der Waals surface area contributed by atoms with Gasteiger partial charge in [-0.1, -0.05) is 25.1 Å². The minimum absolute atomic E-state index is 0. The van der Waals surface area contributed by atoms with Gasteiger partial charge in [0.1, 0.15) is 5.69 Å². The highest BCUT2D eigenvalue weighted by molar-refractivity contribution is 7.13. The molecule has 0 spiro atoms. The summed E-state index contributed by atoms with van der Waals surface area (Å²) >= 11 is 1.58. The Balaban J connectivity index is 0.00000200. The van der Waals surface area contributed by atoms with E-state index in [0.29, 0.717) is 12.4 Å². The summed E-state index contributed by atoms with van der Waals surface area (Å²) in [7, 11) is 0. The van der Waals surface area contributed by atoms with Crippen LogP contribution in [0, 0.1) is 0 Å². The normalized spacial score (nSPS) is 10.3. The van der Waals surface area contributed by atoms with E-state index in [-0.39, 0.29) is 18.3 Å². The van der Waals surface area contributed by atoms with Crippen LogP contribution in [-0.4, -0.2) is 35.6 Å². The van der Waals surface area contributed by atoms with Crippen LogP contribution in [0.25, 0.3) is 10.6 Å². The second-order valence-electron chi connectivity index (χ2n) is 4.06. The van der Waals surface area contributed by atoms with E-state index in [9.17, 15) is 4.79 Å². The Kier molecular flexibility index (Phi) is 6.70. The molecular weight excluding hydrogens is 298 g/mol. The number of likely N-dealkylation sites (N-methyl/N-ethyl adjacent to an activating group) is 1. The second kappa shape index (κ2) is 8.04. The molecule has 1 N–H and O–H groups in total. The van der Waals surface area contributed by atoms with Crippen molar-refractivity contribution in [3.8, 4) is 10.6 Å². The average Bonchev–Trinajstić information content (AvgIpc) is 3.06. The van der Waals surface area contributed by atoms with E-state index in [4.69, 9.17) is 4.52 Å². The predicted molar refractivity (Wildman–Crippen MR) is 83.5 cm³/mol. The highest BCUT2D eigenvalue weighted by atomic mass is 35.5. The monoisotopic (exact) mass is 315 g/mol. The van der Waals surface area contributed by atoms with E-state index < -0.39 is 0 Å². The molecule has 0 saturated carbocycles. The number of amides is 1. The van der Waals surface area contributed by atoms with Crippen molar-refractivity contribution in [2.45, 2.75) is 13.8 Å². The van der Waals surface area contributed by atoms with E-state index in [1.807, 2.05) is 36.3 Å². The minimum atomic E-state index is -0.0856. The molecule has 0 radical (unpaired) electrons. The van der Waals surface area contributed by atoms with E-state index in [2.05, 4.69) is 10.5 Å². The van der Waals surface area contributed by atoms with Crippen LogP contribution in [0.2, 0.25) is 0 Å². The highest BCUT2D eigenvalue weighted by Gasteiger charge is 2.12. The van der Waals surface area contributed by atoms with Gasteiger partial charge in [-0.05, 0) is 24.5 Å². The van der Waals surface area contributed by atoms with Gasteiger partial charge in [-0.3, -0.25) is 15.0 Å². The van der Waals surface area contributed by atoms with Gasteiger partial charge in [0.2, 0.25) is 11.8 Å². The van der Waals surface area contributed by atoms with Gasteiger partial charge in [-0.25, -0.2) is 0 Å². The van der Waals surface area contributed by atoms with Gasteiger partial charge in [0.15, 0.2) is 0 Å². The van der Waals surface area contributed by atoms with E-state index in [1.165, 1.54) is 0 Å². The molecule has 2 heterocycles. The van der Waals surface area contributed by atoms with Gasteiger partial charge in [0.05, 0.1) is 11.4 Å². The fourth-order valence-corrected chi connectivity index (χ4v) is 2.38. The summed E-state index contributed by atoms with van der Waals surface area (Å²) in [5.41, 5.74) is 0.744. The van der Waals surface area contributed by atoms with Crippen LogP contribution in [0.4, 0.5) is 5.88 Å². The lowest BCUT2D eigenvalue weighted by atomic mass is 10.3. The summed E-state index contributed by atoms with van der Waals surface area (Å²) in [6, 6.07) is 5.66. The van der Waals surface area contributed by atoms with Crippen molar-refractivity contribution in [2.24, 2.45) is 0 Å². The number of nitrogens with zero attached hydrogens (tertiary/aromatic N) is 2. The third-order valence-electron chi connectivity index (χ3n) is 2.81. The summed E-state index contributed by atoms with van der Waals surface area (Å²) in [5, 5.41) is 8.63. The third kappa shape index (κ3) is 4.33. The van der Waals surface area contributed by atoms with Gasteiger partial charge in [-0.2, -0.15) is 0 Å². The lowest BCUT2D eigenvalue weighted by Gasteiger charge is -2.16. The van der Waals surface area contributed by atoms with Crippen LogP contribution in [0.5, 0.6) is 0 Å². The fraction of sp³-hybridized carbons (Fsp3) is 0.385. The number of carbonyl (C=O) groups is 1. The topological polar surface area (TPSA) is 58.4 Å². The number of carbonyl (C=O) groups excluding carboxylic acids is 1. The first kappa shape index (κ1) is 16.7. The maximum atomic E-state index is 11.8. The molecule has 0 saturated heterocycles. The predicted octanol–water partition coefficient (Wildman–Crippen LogP) is 3.11. The Morgan fingerprint density at radius 1 is 1.45 bits per heavy atom. The van der Waals surface area contributed by atoms with Crippen molar-refractivity contribution in [2.75, 3.05) is 25.0 Å². The Labute approximate surface area is 128 Å². The number of aromatic nitrogens is 1. The summed E-state index contributed by atoms with van der Waals surface area (Å²) in [4.78, 5) is 14.9. The fourth-order valence-electron chi connectivity index (χ4n) is 1.70. The molecule has 1 amide bonds. The Morgan fingerprint density at radius 3 is 2.80 bits per heavy atom. The zero-order chi connectivity index (χ0) is 13.7. The van der Waals surface area contributed by atoms with Gasteiger partial charge in [0, 0.05) is 6.07 Å². The minimum Gasteiger partial charge on any atom is -0.338 e. The Morgan fingerprint density at radius 2 is 2.20 bits per heavy atom. The summed E-state index contributed by atoms with van der Waals surface area (Å²) in [5.74, 6) is 0.304. The van der Waals surface area contributed by atoms with Gasteiger partial charge < -0.3 is 4.52 Å². The highest BCUT2D eigenvalue weighted by Crippen LogP contribution is 2.25. The van der Waals surface area contributed by atoms with Gasteiger partial charge in [-0.15, -0.1) is 23.7 Å². The first-order valence-electron chi connectivity index (χ1n) is 6.25. The molecule has 0 aromatic carbocycles. The number of hydrogen-bond acceptors (Lipinski definition) is 5. The molecule has 20 heavy (non-hydrogen) atoms. The number of hydrogen-bond donors (Lipinski definition) is 1. The van der Waals surface area contributed by atoms with Gasteiger partial charge >= 0.3 is 0 Å². The number of nitrogens with one attached hydrogen (secondary N) is 1. The lowest BCUT2D eigenvalue weighted by Crippen LogP contribution is -2.32. The van der Waals surface area contributed by atoms with Crippen molar-refractivity contribution in [3.05, 3.63) is 23.6 Å². The van der Waals surface area contributed by atoms with Crippen molar-refractivity contribution in [1.29, 1.82) is 0 Å². The largest absolute Gasteiger partial charge is 0.338 e. The molecule has 0 atom stereocenters. The zero-order valence-electron chi connectivity index (χ0n) is 11.5. The number of rotatable bonds is 6. The number of thiophene rings is 1. The molecule has 2 aromatic rings. The summed E-state index contributed by atoms with van der Waals surface area (Å²) in [6.45, 7) is 6.11. The van der Waals surface area contributed by atoms with Crippen LogP contribution in [0.15, 0.2) is 28.1 Å². The smallest absolute Gasteiger partial charge is 0.240 e. The van der Waals surface area contributed by atoms with Crippen LogP contribution < -0.4 is 5.32 Å². The molecule has 0 fully saturated rings. The molecule has 2 rings (SSSR count). The molecule has 0 aliphatic rings. The molecular formula is C13H18ClN3O2S. The first-order chi connectivity index (χ1) is 9.22. The molecule has 0 aliphatic heterocycles. The Bertz CT molecular complexity index is 523. The summed E-state index contributed by atoms with van der Waals surface area (Å²) in [6.07, 6.45) is 0. The number of anilines is 1. The van der Waals surface area contributed by atoms with Crippen molar-refractivity contribution < 1.29 is 9.32 Å². The molecule has 0 bridgehead atoms. The van der Waals surface area contributed by atoms with Crippen molar-refractivity contribution in [3.63, 3.8) is 0 Å². The molecule has 0 unspecified atom stereocenters. The van der Waals surface area contributed by atoms with Gasteiger partial charge in [0.25, 0.3) is 0 Å². The zero-order valence-corrected chi connectivity index (χ0v) is 13.1. The molecule has 2 aromatic heterocycles. The maximum absolute atomic E-state index is 11.8. The quantitative estimate of drug-likeness (QED) is 0.890. The third-order valence-corrected chi connectivity index (χ3v) is 3.70. The number of halogens is 1. The molecule has 0 aliphatic carbocycles. The van der Waals surface area contributed by atoms with Crippen LogP contribution in [0.1, 0.15) is 13.8 Å². The maximum Gasteiger partial charge on any atom is 0.240 e. The molecule has 7 heteroatoms. The van der Waals surface area contributed by atoms with E-state index in [0.717, 1.165) is 23.7 Å². The average molecular weight is 316 g/mol. The van der Waals surface area contributed by atoms with Crippen molar-refractivity contribution >= 4 is 35.5 Å². The Hall–Kier alpha value is -1.37. The van der Waals surface area contributed by atoms with Crippen LogP contribution in [-0.2, 0) is 4.79 Å². The standard InChI is InChI=1S/C13H17N3O2S.ClH/c1-3-16(4-2)9-12(17)14-13-8-10(15-18-13)11-6-5-7-19-11;/h5-8H,3-4,9H2,1-2H3,(H,14,17);1H. The lowest BCUT2D eigenvalue weighted by molar-refractivity contribution is -0.117. The molecule has 5 nitrogen and oxygen atoms in total. The first-order valence-corrected chi connectivity index (χ1v) is 7.13. The second-order valence-corrected chi connectivity index (χ2v) is 5.01. The van der Waals surface area contributed by atoms with Crippen LogP contribution in [0.3, 0.4) is 0 Å². The van der Waals surface area contributed by atoms with E-state index >= 15 is 0 Å². The van der Waals surface area contributed by atoms with Crippen molar-refractivity contribution in [1.82, 2.24) is 10.1 Å². The summed E-state index contributed by atoms with van der Waals surface area (Å²) < 4.78 is 5.11.